The zero-order valence-corrected chi connectivity index (χ0v) is 15.0. The predicted molar refractivity (Wildman–Crippen MR) is 98.0 cm³/mol. The summed E-state index contributed by atoms with van der Waals surface area (Å²) in [7, 11) is 5.82. The number of anilines is 1. The van der Waals surface area contributed by atoms with Crippen molar-refractivity contribution in [2.45, 2.75) is 24.7 Å². The highest BCUT2D eigenvalue weighted by molar-refractivity contribution is 7.40. The van der Waals surface area contributed by atoms with Gasteiger partial charge in [-0.1, -0.05) is 25.1 Å². The highest BCUT2D eigenvalue weighted by atomic mass is 31.1. The fraction of sp³-hybridized carbons (Fsp3) is 0.353. The molecule has 1 aliphatic rings. The molecule has 0 saturated carbocycles. The predicted octanol–water partition coefficient (Wildman–Crippen LogP) is 4.11. The van der Waals surface area contributed by atoms with Crippen LogP contribution >= 0.6 is 18.5 Å². The van der Waals surface area contributed by atoms with E-state index in [1.807, 2.05) is 18.2 Å². The molecule has 2 unspecified atom stereocenters. The molecular formula is C17H21FN2P2. The second kappa shape index (κ2) is 6.22. The number of hydrogen-bond donors (Lipinski definition) is 0. The molecule has 116 valence electrons. The maximum Gasteiger partial charge on any atom is 0.132 e. The first-order chi connectivity index (χ1) is 10.5. The molecule has 0 spiro atoms. The Labute approximate surface area is 135 Å². The van der Waals surface area contributed by atoms with Crippen LogP contribution in [0.15, 0.2) is 36.5 Å². The van der Waals surface area contributed by atoms with Crippen molar-refractivity contribution in [3.63, 3.8) is 0 Å². The van der Waals surface area contributed by atoms with E-state index in [0.717, 1.165) is 42.9 Å². The van der Waals surface area contributed by atoms with Crippen molar-refractivity contribution in [3.05, 3.63) is 47.9 Å². The van der Waals surface area contributed by atoms with Crippen LogP contribution < -0.4 is 4.90 Å². The van der Waals surface area contributed by atoms with E-state index < -0.39 is 0 Å². The first-order valence-electron chi connectivity index (χ1n) is 7.57. The molecule has 1 aromatic carbocycles. The van der Waals surface area contributed by atoms with E-state index in [1.54, 1.807) is 12.3 Å². The Kier molecular flexibility index (Phi) is 4.48. The molecule has 1 saturated heterocycles. The number of hydrogen-bond acceptors (Lipinski definition) is 2. The van der Waals surface area contributed by atoms with Gasteiger partial charge < -0.3 is 4.90 Å². The van der Waals surface area contributed by atoms with Gasteiger partial charge in [-0.2, -0.15) is 0 Å². The highest BCUT2D eigenvalue weighted by Gasteiger charge is 2.31. The third-order valence-electron chi connectivity index (χ3n) is 4.18. The van der Waals surface area contributed by atoms with E-state index in [4.69, 9.17) is 0 Å². The minimum Gasteiger partial charge on any atom is -0.355 e. The van der Waals surface area contributed by atoms with Crippen LogP contribution in [-0.2, 0) is 6.42 Å². The summed E-state index contributed by atoms with van der Waals surface area (Å²) in [6.07, 6.45) is 3.73. The molecule has 3 rings (SSSR count). The number of benzene rings is 1. The normalized spacial score (nSPS) is 17.0. The standard InChI is InChI=1S/C17H21FN2P2/c1-2-12-13(14-5-3-4-6-15(14)18)7-9-19-16(12)20-10-8-17(21,22)11-20/h3-7,9H,2,8,10-11,21-22H2,1H3. The van der Waals surface area contributed by atoms with Crippen molar-refractivity contribution < 1.29 is 4.39 Å². The van der Waals surface area contributed by atoms with Crippen molar-refractivity contribution in [1.29, 1.82) is 0 Å². The quantitative estimate of drug-likeness (QED) is 0.786. The lowest BCUT2D eigenvalue weighted by molar-refractivity contribution is 0.631. The van der Waals surface area contributed by atoms with Crippen LogP contribution in [0.2, 0.25) is 0 Å². The van der Waals surface area contributed by atoms with E-state index in [1.165, 1.54) is 6.07 Å². The van der Waals surface area contributed by atoms with Gasteiger partial charge in [-0.25, -0.2) is 9.37 Å². The largest absolute Gasteiger partial charge is 0.355 e. The van der Waals surface area contributed by atoms with E-state index in [2.05, 4.69) is 35.3 Å². The third kappa shape index (κ3) is 3.03. The van der Waals surface area contributed by atoms with Gasteiger partial charge in [-0.15, -0.1) is 18.5 Å². The van der Waals surface area contributed by atoms with E-state index in [0.29, 0.717) is 5.56 Å². The lowest BCUT2D eigenvalue weighted by atomic mass is 9.98. The second-order valence-electron chi connectivity index (χ2n) is 5.90. The van der Waals surface area contributed by atoms with Crippen LogP contribution in [-0.4, -0.2) is 23.0 Å². The Bertz CT molecular complexity index is 688. The van der Waals surface area contributed by atoms with Gasteiger partial charge in [0.15, 0.2) is 0 Å². The maximum absolute atomic E-state index is 14.2. The van der Waals surface area contributed by atoms with Gasteiger partial charge in [0.1, 0.15) is 11.6 Å². The van der Waals surface area contributed by atoms with Gasteiger partial charge in [-0.05, 0) is 30.5 Å². The van der Waals surface area contributed by atoms with E-state index in [9.17, 15) is 4.39 Å². The van der Waals surface area contributed by atoms with Crippen molar-refractivity contribution in [2.24, 2.45) is 0 Å². The Morgan fingerprint density at radius 3 is 2.64 bits per heavy atom. The second-order valence-corrected chi connectivity index (χ2v) is 8.87. The molecule has 2 aromatic rings. The smallest absolute Gasteiger partial charge is 0.132 e. The van der Waals surface area contributed by atoms with Crippen LogP contribution in [0.1, 0.15) is 18.9 Å². The first-order valence-corrected chi connectivity index (χ1v) is 8.73. The lowest BCUT2D eigenvalue weighted by Gasteiger charge is -2.24. The number of nitrogens with zero attached hydrogens (tertiary/aromatic N) is 2. The van der Waals surface area contributed by atoms with Crippen molar-refractivity contribution in [3.8, 4) is 11.1 Å². The molecular weight excluding hydrogens is 313 g/mol. The average Bonchev–Trinajstić information content (AvgIpc) is 2.87. The third-order valence-corrected chi connectivity index (χ3v) is 5.13. The summed E-state index contributed by atoms with van der Waals surface area (Å²) < 4.78 is 14.2. The fourth-order valence-corrected chi connectivity index (χ4v) is 3.77. The molecule has 1 fully saturated rings. The number of pyridine rings is 1. The first kappa shape index (κ1) is 15.8. The van der Waals surface area contributed by atoms with E-state index >= 15 is 0 Å². The molecule has 0 amide bonds. The SMILES string of the molecule is CCc1c(-c2ccccc2F)ccnc1N1CCC(P)(P)C1. The van der Waals surface area contributed by atoms with Gasteiger partial charge in [-0.3, -0.25) is 0 Å². The summed E-state index contributed by atoms with van der Waals surface area (Å²) in [4.78, 5) is 7.06. The molecule has 5 heteroatoms. The molecule has 1 aliphatic heterocycles. The number of halogens is 1. The average molecular weight is 334 g/mol. The van der Waals surface area contributed by atoms with Gasteiger partial charge in [0.25, 0.3) is 0 Å². The van der Waals surface area contributed by atoms with Crippen molar-refractivity contribution in [2.75, 3.05) is 18.0 Å². The number of rotatable bonds is 3. The van der Waals surface area contributed by atoms with E-state index in [-0.39, 0.29) is 10.7 Å². The van der Waals surface area contributed by atoms with Crippen molar-refractivity contribution in [1.82, 2.24) is 4.98 Å². The molecule has 0 aliphatic carbocycles. The molecule has 0 bridgehead atoms. The summed E-state index contributed by atoms with van der Waals surface area (Å²) in [5.74, 6) is 0.817. The van der Waals surface area contributed by atoms with Crippen LogP contribution in [0.5, 0.6) is 0 Å². The zero-order chi connectivity index (χ0) is 15.7. The lowest BCUT2D eigenvalue weighted by Crippen LogP contribution is -2.25. The Morgan fingerprint density at radius 2 is 2.00 bits per heavy atom. The summed E-state index contributed by atoms with van der Waals surface area (Å²) in [6, 6.07) is 8.88. The topological polar surface area (TPSA) is 16.1 Å². The summed E-state index contributed by atoms with van der Waals surface area (Å²) in [6.45, 7) is 4.02. The van der Waals surface area contributed by atoms with Crippen LogP contribution in [0.4, 0.5) is 10.2 Å². The zero-order valence-electron chi connectivity index (χ0n) is 12.7. The molecule has 0 N–H and O–H groups in total. The van der Waals surface area contributed by atoms with Crippen molar-refractivity contribution >= 4 is 24.3 Å². The molecule has 0 radical (unpaired) electrons. The van der Waals surface area contributed by atoms with Crippen LogP contribution in [0, 0.1) is 5.82 Å². The Balaban J connectivity index is 2.07. The highest BCUT2D eigenvalue weighted by Crippen LogP contribution is 2.40. The van der Waals surface area contributed by atoms with Gasteiger partial charge in [0.05, 0.1) is 0 Å². The number of aromatic nitrogens is 1. The van der Waals surface area contributed by atoms with Gasteiger partial charge in [0, 0.05) is 35.3 Å². The summed E-state index contributed by atoms with van der Waals surface area (Å²) in [5.41, 5.74) is 2.74. The summed E-state index contributed by atoms with van der Waals surface area (Å²) in [5, 5.41) is 0. The molecule has 2 nitrogen and oxygen atoms in total. The Morgan fingerprint density at radius 1 is 1.23 bits per heavy atom. The van der Waals surface area contributed by atoms with Crippen LogP contribution in [0.3, 0.4) is 0 Å². The maximum atomic E-state index is 14.2. The van der Waals surface area contributed by atoms with Gasteiger partial charge >= 0.3 is 0 Å². The summed E-state index contributed by atoms with van der Waals surface area (Å²) >= 11 is 0. The minimum atomic E-state index is -0.179. The Hall–Kier alpha value is -1.04. The minimum absolute atomic E-state index is 0.153. The monoisotopic (exact) mass is 334 g/mol. The molecule has 2 heterocycles. The van der Waals surface area contributed by atoms with Crippen LogP contribution in [0.25, 0.3) is 11.1 Å². The molecule has 2 atom stereocenters. The molecule has 1 aromatic heterocycles. The molecule has 22 heavy (non-hydrogen) atoms. The van der Waals surface area contributed by atoms with Gasteiger partial charge in [0.2, 0.25) is 0 Å². The fourth-order valence-electron chi connectivity index (χ4n) is 3.07.